The lowest BCUT2D eigenvalue weighted by Gasteiger charge is -2.28. The summed E-state index contributed by atoms with van der Waals surface area (Å²) in [6.45, 7) is 6.23. The number of rotatable bonds is 5. The van der Waals surface area contributed by atoms with E-state index in [-0.39, 0.29) is 0 Å². The van der Waals surface area contributed by atoms with E-state index >= 15 is 0 Å². The number of allylic oxidation sites excluding steroid dienone is 1. The van der Waals surface area contributed by atoms with Gasteiger partial charge in [-0.1, -0.05) is 19.9 Å². The van der Waals surface area contributed by atoms with Gasteiger partial charge in [0.2, 0.25) is 0 Å². The molecule has 0 saturated carbocycles. The van der Waals surface area contributed by atoms with Crippen LogP contribution in [0.2, 0.25) is 0 Å². The fourth-order valence-electron chi connectivity index (χ4n) is 1.14. The molecule has 0 aromatic rings. The minimum atomic E-state index is -3.52. The molecule has 0 radical (unpaired) electrons. The van der Waals surface area contributed by atoms with Gasteiger partial charge < -0.3 is 4.74 Å². The van der Waals surface area contributed by atoms with Crippen LogP contribution in [-0.2, 0) is 9.53 Å². The fraction of sp³-hybridized carbons (Fsp3) is 0.700. The zero-order valence-electron chi connectivity index (χ0n) is 8.97. The Morgan fingerprint density at radius 1 is 1.53 bits per heavy atom. The summed E-state index contributed by atoms with van der Waals surface area (Å²) in [5.74, 6) is -6.83. The quantitative estimate of drug-likeness (QED) is 0.420. The van der Waals surface area contributed by atoms with Gasteiger partial charge in [-0.3, -0.25) is 0 Å². The monoisotopic (exact) mass is 240 g/mol. The highest BCUT2D eigenvalue weighted by Crippen LogP contribution is 2.34. The van der Waals surface area contributed by atoms with Gasteiger partial charge in [-0.2, -0.15) is 8.78 Å². The van der Waals surface area contributed by atoms with Crippen LogP contribution in [0.5, 0.6) is 0 Å². The predicted molar refractivity (Wildman–Crippen MR) is 55.1 cm³/mol. The zero-order valence-corrected chi connectivity index (χ0v) is 9.72. The molecule has 0 amide bonds. The van der Waals surface area contributed by atoms with Crippen molar-refractivity contribution in [3.8, 4) is 0 Å². The first-order valence-electron chi connectivity index (χ1n) is 4.51. The van der Waals surface area contributed by atoms with Crippen molar-refractivity contribution in [2.75, 3.05) is 7.11 Å². The Bertz CT molecular complexity index is 244. The number of esters is 1. The Labute approximate surface area is 93.2 Å². The molecule has 15 heavy (non-hydrogen) atoms. The molecular weight excluding hydrogens is 226 g/mol. The molecule has 5 heteroatoms. The number of hydrogen-bond donors (Lipinski definition) is 0. The average Bonchev–Trinajstić information content (AvgIpc) is 2.24. The third kappa shape index (κ3) is 3.16. The van der Waals surface area contributed by atoms with Gasteiger partial charge in [0.05, 0.1) is 12.5 Å². The van der Waals surface area contributed by atoms with E-state index in [0.29, 0.717) is 0 Å². The van der Waals surface area contributed by atoms with Gasteiger partial charge in [0.1, 0.15) is 0 Å². The molecule has 0 fully saturated rings. The van der Waals surface area contributed by atoms with Gasteiger partial charge in [0.25, 0.3) is 0 Å². The highest BCUT2D eigenvalue weighted by atomic mass is 35.5. The van der Waals surface area contributed by atoms with Crippen molar-refractivity contribution in [1.29, 1.82) is 0 Å². The van der Waals surface area contributed by atoms with Crippen LogP contribution in [0.15, 0.2) is 12.7 Å². The van der Waals surface area contributed by atoms with E-state index in [1.165, 1.54) is 13.0 Å². The smallest absolute Gasteiger partial charge is 0.377 e. The lowest BCUT2D eigenvalue weighted by molar-refractivity contribution is -0.179. The highest BCUT2D eigenvalue weighted by Gasteiger charge is 2.48. The summed E-state index contributed by atoms with van der Waals surface area (Å²) < 4.78 is 30.8. The van der Waals surface area contributed by atoms with Crippen LogP contribution in [0, 0.1) is 11.8 Å². The maximum absolute atomic E-state index is 13.4. The van der Waals surface area contributed by atoms with E-state index in [0.717, 1.165) is 7.11 Å². The lowest BCUT2D eigenvalue weighted by Crippen LogP contribution is -2.41. The van der Waals surface area contributed by atoms with Gasteiger partial charge in [-0.15, -0.1) is 18.2 Å². The van der Waals surface area contributed by atoms with Crippen LogP contribution in [0.4, 0.5) is 8.78 Å². The van der Waals surface area contributed by atoms with Crippen molar-refractivity contribution < 1.29 is 18.3 Å². The van der Waals surface area contributed by atoms with Crippen molar-refractivity contribution >= 4 is 17.6 Å². The number of carbonyl (C=O) groups is 1. The lowest BCUT2D eigenvalue weighted by atomic mass is 9.87. The number of methoxy groups -OCH3 is 1. The Kier molecular flexibility index (Phi) is 5.21. The molecule has 0 N–H and O–H groups in total. The predicted octanol–water partition coefficient (Wildman–Crippen LogP) is 2.86. The third-order valence-electron chi connectivity index (χ3n) is 2.55. The van der Waals surface area contributed by atoms with Gasteiger partial charge in [0, 0.05) is 5.92 Å². The van der Waals surface area contributed by atoms with Crippen molar-refractivity contribution in [2.45, 2.75) is 25.1 Å². The SMILES string of the molecule is C=CC(Cl)[C@H](C)[C@H](C)C(F)(F)C(=O)OC. The number of alkyl halides is 3. The minimum Gasteiger partial charge on any atom is -0.465 e. The second kappa shape index (κ2) is 5.45. The first-order valence-corrected chi connectivity index (χ1v) is 4.95. The topological polar surface area (TPSA) is 26.3 Å². The summed E-state index contributed by atoms with van der Waals surface area (Å²) in [6.07, 6.45) is 1.37. The molecule has 0 spiro atoms. The third-order valence-corrected chi connectivity index (χ3v) is 3.12. The molecule has 0 rings (SSSR count). The fourth-order valence-corrected chi connectivity index (χ4v) is 1.36. The molecule has 0 aliphatic carbocycles. The molecule has 88 valence electrons. The Morgan fingerprint density at radius 3 is 2.33 bits per heavy atom. The number of hydrogen-bond acceptors (Lipinski definition) is 2. The normalized spacial score (nSPS) is 17.7. The van der Waals surface area contributed by atoms with Crippen LogP contribution in [0.3, 0.4) is 0 Å². The maximum atomic E-state index is 13.4. The van der Waals surface area contributed by atoms with Gasteiger partial charge in [-0.25, -0.2) is 4.79 Å². The summed E-state index contributed by atoms with van der Waals surface area (Å²) in [7, 11) is 0.930. The minimum absolute atomic E-state index is 0.571. The van der Waals surface area contributed by atoms with Crippen molar-refractivity contribution in [2.24, 2.45) is 11.8 Å². The summed E-state index contributed by atoms with van der Waals surface area (Å²) >= 11 is 5.76. The summed E-state index contributed by atoms with van der Waals surface area (Å²) in [6, 6.07) is 0. The largest absolute Gasteiger partial charge is 0.465 e. The van der Waals surface area contributed by atoms with Crippen LogP contribution >= 0.6 is 11.6 Å². The highest BCUT2D eigenvalue weighted by molar-refractivity contribution is 6.21. The molecule has 0 bridgehead atoms. The molecular formula is C10H15ClF2O2. The number of carbonyl (C=O) groups excluding carboxylic acids is 1. The van der Waals surface area contributed by atoms with E-state index < -0.39 is 29.1 Å². The number of halogens is 3. The summed E-state index contributed by atoms with van der Waals surface area (Å²) in [5, 5.41) is -0.601. The first-order chi connectivity index (χ1) is 6.78. The van der Waals surface area contributed by atoms with E-state index in [2.05, 4.69) is 11.3 Å². The molecule has 2 nitrogen and oxygen atoms in total. The summed E-state index contributed by atoms with van der Waals surface area (Å²) in [4.78, 5) is 10.8. The van der Waals surface area contributed by atoms with E-state index in [1.54, 1.807) is 6.92 Å². The molecule has 0 aromatic heterocycles. The first kappa shape index (κ1) is 14.4. The Hall–Kier alpha value is -0.640. The Morgan fingerprint density at radius 2 is 2.00 bits per heavy atom. The van der Waals surface area contributed by atoms with E-state index in [4.69, 9.17) is 11.6 Å². The van der Waals surface area contributed by atoms with Crippen molar-refractivity contribution in [3.05, 3.63) is 12.7 Å². The van der Waals surface area contributed by atoms with Crippen LogP contribution in [0.1, 0.15) is 13.8 Å². The van der Waals surface area contributed by atoms with Gasteiger partial charge in [-0.05, 0) is 5.92 Å². The van der Waals surface area contributed by atoms with E-state index in [1.807, 2.05) is 0 Å². The average molecular weight is 241 g/mol. The number of ether oxygens (including phenoxy) is 1. The molecule has 0 heterocycles. The second-order valence-electron chi connectivity index (χ2n) is 3.44. The van der Waals surface area contributed by atoms with Crippen molar-refractivity contribution in [1.82, 2.24) is 0 Å². The van der Waals surface area contributed by atoms with Crippen LogP contribution in [0.25, 0.3) is 0 Å². The van der Waals surface area contributed by atoms with E-state index in [9.17, 15) is 13.6 Å². The Balaban J connectivity index is 4.75. The standard InChI is InChI=1S/C10H15ClF2O2/c1-5-8(11)6(2)7(3)10(12,13)9(14)15-4/h5-8H,1H2,2-4H3/t6-,7+,8?/m1/s1. The van der Waals surface area contributed by atoms with Crippen LogP contribution in [-0.4, -0.2) is 24.4 Å². The molecule has 1 unspecified atom stereocenters. The molecule has 0 aliphatic heterocycles. The van der Waals surface area contributed by atoms with Gasteiger partial charge in [0.15, 0.2) is 0 Å². The van der Waals surface area contributed by atoms with Gasteiger partial charge >= 0.3 is 11.9 Å². The molecule has 0 aromatic carbocycles. The maximum Gasteiger partial charge on any atom is 0.377 e. The van der Waals surface area contributed by atoms with Crippen LogP contribution < -0.4 is 0 Å². The molecule has 3 atom stereocenters. The van der Waals surface area contributed by atoms with Crippen molar-refractivity contribution in [3.63, 3.8) is 0 Å². The molecule has 0 aliphatic rings. The molecule has 0 saturated heterocycles. The second-order valence-corrected chi connectivity index (χ2v) is 3.95. The zero-order chi connectivity index (χ0) is 12.2. The summed E-state index contributed by atoms with van der Waals surface area (Å²) in [5.41, 5.74) is 0.